The summed E-state index contributed by atoms with van der Waals surface area (Å²) in [6.45, 7) is 2.63. The van der Waals surface area contributed by atoms with Crippen LogP contribution in [0.1, 0.15) is 106 Å². The third-order valence-corrected chi connectivity index (χ3v) is 11.2. The van der Waals surface area contributed by atoms with Crippen molar-refractivity contribution >= 4 is 17.7 Å². The Bertz CT molecular complexity index is 1150. The highest BCUT2D eigenvalue weighted by atomic mass is 16.5. The van der Waals surface area contributed by atoms with Crippen molar-refractivity contribution in [2.45, 2.75) is 127 Å². The van der Waals surface area contributed by atoms with E-state index in [2.05, 4.69) is 10.2 Å². The van der Waals surface area contributed by atoms with Crippen LogP contribution in [-0.2, 0) is 25.6 Å². The zero-order chi connectivity index (χ0) is 30.6. The number of ether oxygens (including phenoxy) is 3. The number of imide groups is 1. The Morgan fingerprint density at radius 1 is 0.818 bits per heavy atom. The van der Waals surface area contributed by atoms with E-state index in [4.69, 9.17) is 14.2 Å². The van der Waals surface area contributed by atoms with Gasteiger partial charge in [0.1, 0.15) is 17.9 Å². The number of hydrogen-bond donors (Lipinski definition) is 1. The molecule has 2 aliphatic heterocycles. The molecule has 9 heteroatoms. The molecule has 6 rings (SSSR count). The Balaban J connectivity index is 1.15. The summed E-state index contributed by atoms with van der Waals surface area (Å²) >= 11 is 0. The molecule has 0 spiro atoms. The number of nitrogens with one attached hydrogen (secondary N) is 1. The number of amides is 3. The minimum Gasteiger partial charge on any atom is -0.489 e. The standard InChI is InChI=1S/C35H51N3O6/c1-42-26-11-7-23(8-12-26)20-37(21-24-9-13-27(43-2)14-10-24)30-5-3-4-6-32(30)44-28-15-16-29-25(19-28)22-38(35(29)41)31-17-18-33(39)36-34(31)40/h15-16,19,23-24,26-27,30-32H,3-14,17-18,20-22H2,1-2H3,(H,36,39,40)/t23?,24?,26?,27?,30-,31?,32-/m0/s1. The van der Waals surface area contributed by atoms with Gasteiger partial charge in [0, 0.05) is 51.9 Å². The van der Waals surface area contributed by atoms with Crippen molar-refractivity contribution in [3.8, 4) is 5.75 Å². The molecular weight excluding hydrogens is 558 g/mol. The van der Waals surface area contributed by atoms with E-state index in [1.807, 2.05) is 32.4 Å². The molecule has 3 aliphatic carbocycles. The molecule has 3 saturated carbocycles. The van der Waals surface area contributed by atoms with E-state index in [0.29, 0.717) is 48.6 Å². The van der Waals surface area contributed by atoms with E-state index in [1.165, 1.54) is 38.5 Å². The van der Waals surface area contributed by atoms with E-state index in [-0.39, 0.29) is 30.2 Å². The number of hydrogen-bond acceptors (Lipinski definition) is 7. The highest BCUT2D eigenvalue weighted by Gasteiger charge is 2.40. The van der Waals surface area contributed by atoms with Crippen LogP contribution in [0.25, 0.3) is 0 Å². The van der Waals surface area contributed by atoms with Crippen LogP contribution in [0.5, 0.6) is 5.75 Å². The van der Waals surface area contributed by atoms with E-state index in [9.17, 15) is 14.4 Å². The number of piperidine rings is 1. The molecule has 1 saturated heterocycles. The van der Waals surface area contributed by atoms with Gasteiger partial charge in [0.05, 0.1) is 12.2 Å². The summed E-state index contributed by atoms with van der Waals surface area (Å²) in [6.07, 6.45) is 15.7. The van der Waals surface area contributed by atoms with Crippen LogP contribution in [0.4, 0.5) is 0 Å². The minimum atomic E-state index is -0.605. The summed E-state index contributed by atoms with van der Waals surface area (Å²) in [5.74, 6) is 1.41. The average Bonchev–Trinajstić information content (AvgIpc) is 3.36. The first-order valence-electron chi connectivity index (χ1n) is 17.2. The zero-order valence-corrected chi connectivity index (χ0v) is 26.6. The Hall–Kier alpha value is -2.49. The number of methoxy groups -OCH3 is 2. The number of fused-ring (bicyclic) bond motifs is 1. The molecule has 9 nitrogen and oxygen atoms in total. The van der Waals surface area contributed by atoms with Crippen molar-refractivity contribution in [1.29, 1.82) is 0 Å². The SMILES string of the molecule is COC1CCC(CN(CC2CCC(OC)CC2)[C@H]2CCCC[C@@H]2Oc2ccc3c(c2)CN(C2CCC(=O)NC2=O)C3=O)CC1. The molecule has 1 unspecified atom stereocenters. The van der Waals surface area contributed by atoms with Crippen molar-refractivity contribution in [2.24, 2.45) is 11.8 Å². The average molecular weight is 610 g/mol. The number of rotatable bonds is 10. The predicted molar refractivity (Wildman–Crippen MR) is 166 cm³/mol. The fraction of sp³-hybridized carbons (Fsp3) is 0.743. The zero-order valence-electron chi connectivity index (χ0n) is 26.6. The summed E-state index contributed by atoms with van der Waals surface area (Å²) in [5, 5.41) is 2.39. The van der Waals surface area contributed by atoms with Gasteiger partial charge in [-0.2, -0.15) is 0 Å². The number of benzene rings is 1. The minimum absolute atomic E-state index is 0.107. The Morgan fingerprint density at radius 3 is 2.07 bits per heavy atom. The van der Waals surface area contributed by atoms with Crippen LogP contribution in [0.15, 0.2) is 18.2 Å². The van der Waals surface area contributed by atoms with Crippen LogP contribution >= 0.6 is 0 Å². The smallest absolute Gasteiger partial charge is 0.255 e. The van der Waals surface area contributed by atoms with Crippen molar-refractivity contribution < 1.29 is 28.6 Å². The third-order valence-electron chi connectivity index (χ3n) is 11.2. The van der Waals surface area contributed by atoms with Crippen molar-refractivity contribution in [3.05, 3.63) is 29.3 Å². The van der Waals surface area contributed by atoms with E-state index >= 15 is 0 Å². The van der Waals surface area contributed by atoms with Gasteiger partial charge in [0.15, 0.2) is 0 Å². The summed E-state index contributed by atoms with van der Waals surface area (Å²) < 4.78 is 18.2. The lowest BCUT2D eigenvalue weighted by Crippen LogP contribution is -2.52. The molecular formula is C35H51N3O6. The molecule has 0 aromatic heterocycles. The molecule has 3 atom stereocenters. The fourth-order valence-corrected chi connectivity index (χ4v) is 8.54. The topological polar surface area (TPSA) is 97.4 Å². The van der Waals surface area contributed by atoms with Gasteiger partial charge in [-0.05, 0) is 113 Å². The quantitative estimate of drug-likeness (QED) is 0.379. The first-order chi connectivity index (χ1) is 21.4. The van der Waals surface area contributed by atoms with Crippen LogP contribution in [0, 0.1) is 11.8 Å². The molecule has 3 amide bonds. The predicted octanol–water partition coefficient (Wildman–Crippen LogP) is 4.85. The van der Waals surface area contributed by atoms with Crippen molar-refractivity contribution in [3.63, 3.8) is 0 Å². The molecule has 242 valence electrons. The van der Waals surface area contributed by atoms with Gasteiger partial charge in [-0.3, -0.25) is 24.6 Å². The lowest BCUT2D eigenvalue weighted by molar-refractivity contribution is -0.136. The van der Waals surface area contributed by atoms with Gasteiger partial charge < -0.3 is 19.1 Å². The largest absolute Gasteiger partial charge is 0.489 e. The summed E-state index contributed by atoms with van der Waals surface area (Å²) in [4.78, 5) is 41.8. The molecule has 0 bridgehead atoms. The molecule has 1 N–H and O–H groups in total. The van der Waals surface area contributed by atoms with Gasteiger partial charge in [-0.1, -0.05) is 6.42 Å². The Labute approximate surface area is 262 Å². The second kappa shape index (κ2) is 14.3. The molecule has 1 aromatic rings. The van der Waals surface area contributed by atoms with Crippen molar-refractivity contribution in [1.82, 2.24) is 15.1 Å². The van der Waals surface area contributed by atoms with E-state index in [0.717, 1.165) is 62.9 Å². The lowest BCUT2D eigenvalue weighted by Gasteiger charge is -2.44. The summed E-state index contributed by atoms with van der Waals surface area (Å²) in [6, 6.07) is 5.56. The third kappa shape index (κ3) is 7.15. The highest BCUT2D eigenvalue weighted by Crippen LogP contribution is 2.36. The lowest BCUT2D eigenvalue weighted by atomic mass is 9.83. The summed E-state index contributed by atoms with van der Waals surface area (Å²) in [7, 11) is 3.69. The van der Waals surface area contributed by atoms with Crippen LogP contribution in [-0.4, -0.2) is 85.2 Å². The summed E-state index contributed by atoms with van der Waals surface area (Å²) in [5.41, 5.74) is 1.52. The van der Waals surface area contributed by atoms with Gasteiger partial charge in [-0.15, -0.1) is 0 Å². The molecule has 5 aliphatic rings. The Kier molecular flexibility index (Phi) is 10.2. The molecule has 44 heavy (non-hydrogen) atoms. The molecule has 0 radical (unpaired) electrons. The van der Waals surface area contributed by atoms with Crippen molar-refractivity contribution in [2.75, 3.05) is 27.3 Å². The number of nitrogens with zero attached hydrogens (tertiary/aromatic N) is 2. The number of carbonyl (C=O) groups excluding carboxylic acids is 3. The monoisotopic (exact) mass is 609 g/mol. The van der Waals surface area contributed by atoms with E-state index in [1.54, 1.807) is 4.90 Å². The molecule has 2 heterocycles. The van der Waals surface area contributed by atoms with Gasteiger partial charge in [0.25, 0.3) is 5.91 Å². The maximum absolute atomic E-state index is 13.2. The maximum Gasteiger partial charge on any atom is 0.255 e. The second-order valence-electron chi connectivity index (χ2n) is 13.9. The number of carbonyl (C=O) groups is 3. The van der Waals surface area contributed by atoms with Crippen LogP contribution < -0.4 is 10.1 Å². The van der Waals surface area contributed by atoms with Gasteiger partial charge >= 0.3 is 0 Å². The van der Waals surface area contributed by atoms with E-state index < -0.39 is 6.04 Å². The molecule has 4 fully saturated rings. The molecule has 1 aromatic carbocycles. The van der Waals surface area contributed by atoms with Gasteiger partial charge in [0.2, 0.25) is 11.8 Å². The van der Waals surface area contributed by atoms with Gasteiger partial charge in [-0.25, -0.2) is 0 Å². The second-order valence-corrected chi connectivity index (χ2v) is 13.9. The fourth-order valence-electron chi connectivity index (χ4n) is 8.54. The first kappa shape index (κ1) is 31.5. The first-order valence-corrected chi connectivity index (χ1v) is 17.2. The Morgan fingerprint density at radius 2 is 1.45 bits per heavy atom. The van der Waals surface area contributed by atoms with Crippen LogP contribution in [0.2, 0.25) is 0 Å². The normalized spacial score (nSPS) is 32.9. The highest BCUT2D eigenvalue weighted by molar-refractivity contribution is 6.05. The van der Waals surface area contributed by atoms with Crippen LogP contribution in [0.3, 0.4) is 0 Å². The maximum atomic E-state index is 13.2.